The molecule has 0 atom stereocenters. The highest BCUT2D eigenvalue weighted by Crippen LogP contribution is 2.34. The van der Waals surface area contributed by atoms with Gasteiger partial charge in [-0.1, -0.05) is 72.8 Å². The van der Waals surface area contributed by atoms with E-state index in [1.165, 1.54) is 0 Å². The van der Waals surface area contributed by atoms with E-state index in [9.17, 15) is 10.5 Å². The first-order chi connectivity index (χ1) is 18.2. The fourth-order valence-electron chi connectivity index (χ4n) is 3.93. The van der Waals surface area contributed by atoms with E-state index in [2.05, 4.69) is 4.90 Å². The van der Waals surface area contributed by atoms with Crippen LogP contribution in [0.25, 0.3) is 11.1 Å². The van der Waals surface area contributed by atoms with Crippen LogP contribution in [0.5, 0.6) is 0 Å². The molecule has 4 rings (SSSR count). The molecule has 0 saturated heterocycles. The van der Waals surface area contributed by atoms with Gasteiger partial charge in [-0.3, -0.25) is 0 Å². The molecule has 0 amide bonds. The maximum atomic E-state index is 9.38. The molecule has 4 aromatic carbocycles. The fourth-order valence-corrected chi connectivity index (χ4v) is 3.93. The Hall–Kier alpha value is -5.88. The van der Waals surface area contributed by atoms with Gasteiger partial charge in [0.05, 0.1) is 0 Å². The van der Waals surface area contributed by atoms with Crippen molar-refractivity contribution in [3.8, 4) is 24.3 Å². The van der Waals surface area contributed by atoms with Gasteiger partial charge in [0.2, 0.25) is 0 Å². The molecule has 0 aliphatic heterocycles. The lowest BCUT2D eigenvalue weighted by Crippen LogP contribution is -2.13. The quantitative estimate of drug-likeness (QED) is 0.355. The summed E-state index contributed by atoms with van der Waals surface area (Å²) in [6.45, 7) is 0. The van der Waals surface area contributed by atoms with E-state index in [1.54, 1.807) is 30.3 Å². The highest BCUT2D eigenvalue weighted by Gasteiger charge is 2.12. The van der Waals surface area contributed by atoms with Crippen molar-refractivity contribution in [1.29, 1.82) is 21.0 Å². The molecule has 0 bridgehead atoms. The number of hydrogen-bond donors (Lipinski definition) is 0. The van der Waals surface area contributed by atoms with Gasteiger partial charge in [-0.05, 0) is 58.8 Å². The molecule has 5 nitrogen and oxygen atoms in total. The predicted molar refractivity (Wildman–Crippen MR) is 143 cm³/mol. The number of nitriles is 4. The Morgan fingerprint density at radius 2 is 0.973 bits per heavy atom. The van der Waals surface area contributed by atoms with Crippen LogP contribution in [-0.4, -0.2) is 0 Å². The number of rotatable bonds is 5. The van der Waals surface area contributed by atoms with Crippen molar-refractivity contribution >= 4 is 28.2 Å². The van der Waals surface area contributed by atoms with Crippen LogP contribution in [0.3, 0.4) is 0 Å². The first-order valence-electron chi connectivity index (χ1n) is 11.4. The summed E-state index contributed by atoms with van der Waals surface area (Å²) in [5, 5.41) is 38.3. The summed E-state index contributed by atoms with van der Waals surface area (Å²) in [6.07, 6.45) is 1.55. The number of para-hydroxylation sites is 2. The van der Waals surface area contributed by atoms with Gasteiger partial charge in [0.15, 0.2) is 0 Å². The van der Waals surface area contributed by atoms with Crippen molar-refractivity contribution in [2.24, 2.45) is 0 Å². The van der Waals surface area contributed by atoms with Crippen LogP contribution in [0.2, 0.25) is 0 Å². The van der Waals surface area contributed by atoms with E-state index in [0.717, 1.165) is 27.8 Å². The van der Waals surface area contributed by atoms with Gasteiger partial charge in [-0.2, -0.15) is 21.0 Å². The van der Waals surface area contributed by atoms with Crippen molar-refractivity contribution in [3.63, 3.8) is 0 Å². The van der Waals surface area contributed by atoms with Gasteiger partial charge < -0.3 is 4.90 Å². The van der Waals surface area contributed by atoms with E-state index < -0.39 is 0 Å². The van der Waals surface area contributed by atoms with Crippen LogP contribution < -0.4 is 15.3 Å². The Morgan fingerprint density at radius 3 is 1.43 bits per heavy atom. The molecule has 0 aliphatic rings. The first-order valence-corrected chi connectivity index (χ1v) is 11.4. The molecule has 0 aliphatic carbocycles. The summed E-state index contributed by atoms with van der Waals surface area (Å²) in [5.41, 5.74) is 4.45. The minimum Gasteiger partial charge on any atom is -0.311 e. The molecule has 0 saturated carbocycles. The molecule has 172 valence electrons. The van der Waals surface area contributed by atoms with Crippen LogP contribution >= 0.6 is 0 Å². The zero-order valence-corrected chi connectivity index (χ0v) is 19.7. The van der Waals surface area contributed by atoms with E-state index in [4.69, 9.17) is 10.5 Å². The minimum atomic E-state index is -0.0281. The average Bonchev–Trinajstić information content (AvgIpc) is 2.97. The van der Waals surface area contributed by atoms with Gasteiger partial charge in [0, 0.05) is 22.3 Å². The predicted octanol–water partition coefficient (Wildman–Crippen LogP) is 5.53. The zero-order chi connectivity index (χ0) is 26.0. The van der Waals surface area contributed by atoms with Gasteiger partial charge in [-0.15, -0.1) is 0 Å². The van der Waals surface area contributed by atoms with Crippen molar-refractivity contribution in [3.05, 3.63) is 137 Å². The van der Waals surface area contributed by atoms with E-state index in [-0.39, 0.29) is 11.1 Å². The molecule has 4 aromatic rings. The molecule has 0 unspecified atom stereocenters. The maximum Gasteiger partial charge on any atom is 0.136 e. The summed E-state index contributed by atoms with van der Waals surface area (Å²) < 4.78 is 0. The van der Waals surface area contributed by atoms with Crippen molar-refractivity contribution in [2.75, 3.05) is 4.90 Å². The molecule has 0 spiro atoms. The molecule has 0 fully saturated rings. The third-order valence-corrected chi connectivity index (χ3v) is 5.70. The molecule has 37 heavy (non-hydrogen) atoms. The molecule has 0 heterocycles. The lowest BCUT2D eigenvalue weighted by molar-refractivity contribution is 1.28. The van der Waals surface area contributed by atoms with E-state index in [0.29, 0.717) is 10.8 Å². The monoisotopic (exact) mass is 473 g/mol. The zero-order valence-electron chi connectivity index (χ0n) is 19.7. The highest BCUT2D eigenvalue weighted by atomic mass is 15.1. The Bertz CT molecular complexity index is 1650. The second-order valence-electron chi connectivity index (χ2n) is 7.92. The lowest BCUT2D eigenvalue weighted by Gasteiger charge is -2.25. The molecule has 5 heteroatoms. The van der Waals surface area contributed by atoms with Crippen molar-refractivity contribution < 1.29 is 0 Å². The molecular formula is C32H19N5. The Labute approximate surface area is 215 Å². The Morgan fingerprint density at radius 1 is 0.514 bits per heavy atom. The SMILES string of the molecule is N#CC(C#N)=CC(c1ccc(N(c2ccccc2)c2ccccc2)cc1)=c1ccc(=C(C#N)C#N)cc1. The first kappa shape index (κ1) is 24.3. The van der Waals surface area contributed by atoms with Gasteiger partial charge >= 0.3 is 0 Å². The van der Waals surface area contributed by atoms with E-state index >= 15 is 0 Å². The largest absolute Gasteiger partial charge is 0.311 e. The Balaban J connectivity index is 1.87. The van der Waals surface area contributed by atoms with Gasteiger partial charge in [-0.25, -0.2) is 0 Å². The summed E-state index contributed by atoms with van der Waals surface area (Å²) in [6, 6.07) is 42.5. The third-order valence-electron chi connectivity index (χ3n) is 5.70. The van der Waals surface area contributed by atoms with Crippen LogP contribution in [0.15, 0.2) is 121 Å². The number of allylic oxidation sites excluding steroid dienone is 2. The van der Waals surface area contributed by atoms with Crippen LogP contribution in [0.1, 0.15) is 5.56 Å². The number of nitrogens with zero attached hydrogens (tertiary/aromatic N) is 5. The fraction of sp³-hybridized carbons (Fsp3) is 0. The number of hydrogen-bond acceptors (Lipinski definition) is 5. The van der Waals surface area contributed by atoms with E-state index in [1.807, 2.05) is 109 Å². The summed E-state index contributed by atoms with van der Waals surface area (Å²) in [4.78, 5) is 2.14. The number of anilines is 3. The summed E-state index contributed by atoms with van der Waals surface area (Å²) >= 11 is 0. The van der Waals surface area contributed by atoms with Crippen LogP contribution in [-0.2, 0) is 0 Å². The smallest absolute Gasteiger partial charge is 0.136 e. The molecule has 0 radical (unpaired) electrons. The molecule has 0 aromatic heterocycles. The average molecular weight is 474 g/mol. The van der Waals surface area contributed by atoms with Gasteiger partial charge in [0.1, 0.15) is 35.4 Å². The van der Waals surface area contributed by atoms with Crippen molar-refractivity contribution in [1.82, 2.24) is 0 Å². The van der Waals surface area contributed by atoms with Gasteiger partial charge in [0.25, 0.3) is 0 Å². The van der Waals surface area contributed by atoms with Crippen LogP contribution in [0, 0.1) is 45.3 Å². The minimum absolute atomic E-state index is 0.0182. The Kier molecular flexibility index (Phi) is 7.54. The molecular weight excluding hydrogens is 454 g/mol. The number of benzene rings is 4. The summed E-state index contributed by atoms with van der Waals surface area (Å²) in [5.74, 6) is 0. The highest BCUT2D eigenvalue weighted by molar-refractivity contribution is 5.80. The second-order valence-corrected chi connectivity index (χ2v) is 7.92. The van der Waals surface area contributed by atoms with Crippen LogP contribution in [0.4, 0.5) is 17.1 Å². The normalized spacial score (nSPS) is 9.51. The second kappa shape index (κ2) is 11.5. The standard InChI is InChI=1S/C32H19N5/c33-20-24(21-34)19-32(26-13-11-25(12-14-26)28(22-35)23-36)27-15-17-31(18-16-27)37(29-7-3-1-4-8-29)30-9-5-2-6-10-30/h1-19H. The third kappa shape index (κ3) is 5.45. The maximum absolute atomic E-state index is 9.38. The summed E-state index contributed by atoms with van der Waals surface area (Å²) in [7, 11) is 0. The lowest BCUT2D eigenvalue weighted by atomic mass is 9.99. The topological polar surface area (TPSA) is 98.4 Å². The molecule has 0 N–H and O–H groups in total. The van der Waals surface area contributed by atoms with Crippen molar-refractivity contribution in [2.45, 2.75) is 0 Å².